The Morgan fingerprint density at radius 2 is 1.90 bits per heavy atom. The van der Waals surface area contributed by atoms with Crippen LogP contribution < -0.4 is 0 Å². The summed E-state index contributed by atoms with van der Waals surface area (Å²) in [6.45, 7) is 0. The summed E-state index contributed by atoms with van der Waals surface area (Å²) in [7, 11) is -3.46. The summed E-state index contributed by atoms with van der Waals surface area (Å²) in [5, 5.41) is 8.98. The normalized spacial score (nSPS) is 17.1. The molecule has 1 saturated carbocycles. The molecule has 1 aromatic rings. The van der Waals surface area contributed by atoms with Crippen LogP contribution in [0.15, 0.2) is 27.6 Å². The summed E-state index contributed by atoms with van der Waals surface area (Å²) in [5.74, 6) is -0.824. The molecule has 0 aliphatic heterocycles. The van der Waals surface area contributed by atoms with Crippen LogP contribution in [0.2, 0.25) is 0 Å². The second kappa shape index (κ2) is 6.26. The summed E-state index contributed by atoms with van der Waals surface area (Å²) >= 11 is 3.21. The molecule has 0 unspecified atom stereocenters. The molecule has 0 amide bonds. The molecule has 4 nitrogen and oxygen atoms in total. The zero-order chi connectivity index (χ0) is 14.8. The molecule has 1 aromatic carbocycles. The molecule has 0 saturated heterocycles. The molecular formula is C14H17BrO4S. The Hall–Kier alpha value is -0.880. The van der Waals surface area contributed by atoms with E-state index in [1.165, 1.54) is 24.6 Å². The molecule has 0 bridgehead atoms. The van der Waals surface area contributed by atoms with E-state index < -0.39 is 15.8 Å². The van der Waals surface area contributed by atoms with Crippen molar-refractivity contribution in [1.29, 1.82) is 0 Å². The third kappa shape index (κ3) is 3.61. The largest absolute Gasteiger partial charge is 0.478 e. The molecule has 1 aliphatic carbocycles. The first kappa shape index (κ1) is 15.5. The van der Waals surface area contributed by atoms with Crippen molar-refractivity contribution < 1.29 is 18.3 Å². The minimum absolute atomic E-state index is 0.00424. The lowest BCUT2D eigenvalue weighted by Gasteiger charge is -2.21. The van der Waals surface area contributed by atoms with Gasteiger partial charge >= 0.3 is 5.97 Å². The third-order valence-corrected chi connectivity index (χ3v) is 6.57. The average molecular weight is 361 g/mol. The van der Waals surface area contributed by atoms with Crippen LogP contribution in [0, 0.1) is 5.92 Å². The Balaban J connectivity index is 2.28. The maximum atomic E-state index is 12.5. The van der Waals surface area contributed by atoms with Crippen molar-refractivity contribution in [2.24, 2.45) is 5.92 Å². The summed E-state index contributed by atoms with van der Waals surface area (Å²) in [5.41, 5.74) is -0.00424. The fourth-order valence-corrected chi connectivity index (χ4v) is 5.42. The van der Waals surface area contributed by atoms with E-state index in [9.17, 15) is 13.2 Å². The van der Waals surface area contributed by atoms with Crippen LogP contribution >= 0.6 is 15.9 Å². The number of benzene rings is 1. The molecule has 1 fully saturated rings. The molecule has 20 heavy (non-hydrogen) atoms. The molecule has 0 spiro atoms. The van der Waals surface area contributed by atoms with E-state index in [1.807, 2.05) is 0 Å². The Labute approximate surface area is 127 Å². The van der Waals surface area contributed by atoms with E-state index >= 15 is 0 Å². The molecule has 0 atom stereocenters. The number of halogens is 1. The van der Waals surface area contributed by atoms with Gasteiger partial charge in [-0.2, -0.15) is 0 Å². The molecule has 6 heteroatoms. The van der Waals surface area contributed by atoms with Crippen molar-refractivity contribution in [3.8, 4) is 0 Å². The fourth-order valence-electron chi connectivity index (χ4n) is 2.63. The number of carboxylic acid groups (broad SMARTS) is 1. The van der Waals surface area contributed by atoms with Gasteiger partial charge in [-0.3, -0.25) is 0 Å². The van der Waals surface area contributed by atoms with Crippen LogP contribution in [-0.2, 0) is 9.84 Å². The molecule has 0 aromatic heterocycles. The van der Waals surface area contributed by atoms with E-state index in [-0.39, 0.29) is 22.1 Å². The Morgan fingerprint density at radius 3 is 2.50 bits per heavy atom. The number of carboxylic acids is 1. The first-order valence-corrected chi connectivity index (χ1v) is 9.10. The average Bonchev–Trinajstić information content (AvgIpc) is 2.39. The molecule has 110 valence electrons. The van der Waals surface area contributed by atoms with Gasteiger partial charge in [0, 0.05) is 4.47 Å². The number of rotatable bonds is 4. The topological polar surface area (TPSA) is 71.4 Å². The summed E-state index contributed by atoms with van der Waals surface area (Å²) in [6.07, 6.45) is 5.22. The highest BCUT2D eigenvalue weighted by molar-refractivity contribution is 9.10. The van der Waals surface area contributed by atoms with Gasteiger partial charge in [-0.15, -0.1) is 0 Å². The maximum absolute atomic E-state index is 12.5. The van der Waals surface area contributed by atoms with Crippen molar-refractivity contribution in [3.63, 3.8) is 0 Å². The van der Waals surface area contributed by atoms with E-state index in [2.05, 4.69) is 15.9 Å². The molecule has 0 radical (unpaired) electrons. The third-order valence-electron chi connectivity index (χ3n) is 3.69. The van der Waals surface area contributed by atoms with E-state index in [1.54, 1.807) is 0 Å². The minimum Gasteiger partial charge on any atom is -0.478 e. The molecule has 2 rings (SSSR count). The number of carbonyl (C=O) groups is 1. The number of aromatic carboxylic acids is 1. The lowest BCUT2D eigenvalue weighted by molar-refractivity contribution is 0.0696. The standard InChI is InChI=1S/C14H17BrO4S/c15-12-7-6-11(14(16)17)8-13(12)20(18,19)9-10-4-2-1-3-5-10/h6-8,10H,1-5,9H2,(H,16,17). The highest BCUT2D eigenvalue weighted by Crippen LogP contribution is 2.30. The van der Waals surface area contributed by atoms with Crippen molar-refractivity contribution in [3.05, 3.63) is 28.2 Å². The zero-order valence-electron chi connectivity index (χ0n) is 11.0. The van der Waals surface area contributed by atoms with Crippen molar-refractivity contribution in [1.82, 2.24) is 0 Å². The smallest absolute Gasteiger partial charge is 0.335 e. The van der Waals surface area contributed by atoms with E-state index in [0.717, 1.165) is 25.7 Å². The van der Waals surface area contributed by atoms with E-state index in [0.29, 0.717) is 4.47 Å². The van der Waals surface area contributed by atoms with Gasteiger partial charge < -0.3 is 5.11 Å². The quantitative estimate of drug-likeness (QED) is 0.891. The predicted molar refractivity (Wildman–Crippen MR) is 79.7 cm³/mol. The lowest BCUT2D eigenvalue weighted by atomic mass is 9.91. The fraction of sp³-hybridized carbons (Fsp3) is 0.500. The monoisotopic (exact) mass is 360 g/mol. The van der Waals surface area contributed by atoms with Gasteiger partial charge in [0.2, 0.25) is 0 Å². The molecule has 1 N–H and O–H groups in total. The van der Waals surface area contributed by atoms with Crippen molar-refractivity contribution in [2.45, 2.75) is 37.0 Å². The Kier molecular flexibility index (Phi) is 4.86. The van der Waals surface area contributed by atoms with Crippen LogP contribution in [0.1, 0.15) is 42.5 Å². The maximum Gasteiger partial charge on any atom is 0.335 e. The van der Waals surface area contributed by atoms with Gasteiger partial charge in [-0.05, 0) is 52.9 Å². The first-order chi connectivity index (χ1) is 9.40. The summed E-state index contributed by atoms with van der Waals surface area (Å²) in [6, 6.07) is 4.12. The molecule has 0 heterocycles. The van der Waals surface area contributed by atoms with Gasteiger partial charge in [0.05, 0.1) is 16.2 Å². The number of hydrogen-bond donors (Lipinski definition) is 1. The van der Waals surface area contributed by atoms with Gasteiger partial charge in [-0.1, -0.05) is 19.3 Å². The Morgan fingerprint density at radius 1 is 1.25 bits per heavy atom. The minimum atomic E-state index is -3.46. The summed E-state index contributed by atoms with van der Waals surface area (Å²) < 4.78 is 25.4. The van der Waals surface area contributed by atoms with Gasteiger partial charge in [0.15, 0.2) is 9.84 Å². The van der Waals surface area contributed by atoms with Crippen molar-refractivity contribution in [2.75, 3.05) is 5.75 Å². The Bertz CT molecular complexity index is 604. The second-order valence-corrected chi connectivity index (χ2v) is 8.09. The second-order valence-electron chi connectivity index (χ2n) is 5.24. The van der Waals surface area contributed by atoms with Crippen LogP contribution in [-0.4, -0.2) is 25.2 Å². The van der Waals surface area contributed by atoms with Gasteiger partial charge in [0.25, 0.3) is 0 Å². The van der Waals surface area contributed by atoms with Crippen LogP contribution in [0.25, 0.3) is 0 Å². The molecular weight excluding hydrogens is 344 g/mol. The SMILES string of the molecule is O=C(O)c1ccc(Br)c(S(=O)(=O)CC2CCCCC2)c1. The van der Waals surface area contributed by atoms with Crippen molar-refractivity contribution >= 4 is 31.7 Å². The summed E-state index contributed by atoms with van der Waals surface area (Å²) in [4.78, 5) is 11.1. The van der Waals surface area contributed by atoms with Gasteiger partial charge in [-0.25, -0.2) is 13.2 Å². The van der Waals surface area contributed by atoms with Gasteiger partial charge in [0.1, 0.15) is 0 Å². The lowest BCUT2D eigenvalue weighted by Crippen LogP contribution is -2.19. The first-order valence-electron chi connectivity index (χ1n) is 6.66. The van der Waals surface area contributed by atoms with Crippen LogP contribution in [0.4, 0.5) is 0 Å². The number of sulfone groups is 1. The number of hydrogen-bond acceptors (Lipinski definition) is 3. The zero-order valence-corrected chi connectivity index (χ0v) is 13.4. The van der Waals surface area contributed by atoms with E-state index in [4.69, 9.17) is 5.11 Å². The molecule has 1 aliphatic rings. The van der Waals surface area contributed by atoms with Crippen LogP contribution in [0.5, 0.6) is 0 Å². The predicted octanol–water partition coefficient (Wildman–Crippen LogP) is 3.50. The highest BCUT2D eigenvalue weighted by Gasteiger charge is 2.25. The van der Waals surface area contributed by atoms with Crippen LogP contribution in [0.3, 0.4) is 0 Å². The highest BCUT2D eigenvalue weighted by atomic mass is 79.9.